The van der Waals surface area contributed by atoms with E-state index in [1.165, 1.54) is 0 Å². The molecule has 23 heavy (non-hydrogen) atoms. The zero-order chi connectivity index (χ0) is 16.2. The molecule has 0 bridgehead atoms. The maximum Gasteiger partial charge on any atom is 0.321 e. The van der Waals surface area contributed by atoms with Gasteiger partial charge in [0.2, 0.25) is 0 Å². The number of aromatic nitrogens is 3. The highest BCUT2D eigenvalue weighted by molar-refractivity contribution is 5.89. The Morgan fingerprint density at radius 2 is 2.26 bits per heavy atom. The third-order valence-electron chi connectivity index (χ3n) is 4.17. The second-order valence-corrected chi connectivity index (χ2v) is 5.68. The largest absolute Gasteiger partial charge is 0.347 e. The van der Waals surface area contributed by atoms with Gasteiger partial charge >= 0.3 is 6.03 Å². The highest BCUT2D eigenvalue weighted by Gasteiger charge is 2.31. The van der Waals surface area contributed by atoms with E-state index >= 15 is 0 Å². The SMILES string of the molecule is CCN1CCN(C(=O)Nc2ccnc(C)c2)C[C@@H]1c1ncc[nH]1. The molecule has 2 amide bonds. The van der Waals surface area contributed by atoms with Gasteiger partial charge in [0.1, 0.15) is 5.82 Å². The van der Waals surface area contributed by atoms with E-state index in [1.54, 1.807) is 18.5 Å². The molecule has 1 atom stereocenters. The van der Waals surface area contributed by atoms with Gasteiger partial charge in [-0.25, -0.2) is 9.78 Å². The van der Waals surface area contributed by atoms with Gasteiger partial charge in [0.25, 0.3) is 0 Å². The number of piperazine rings is 1. The number of hydrogen-bond acceptors (Lipinski definition) is 4. The van der Waals surface area contributed by atoms with Gasteiger partial charge in [-0.05, 0) is 25.6 Å². The molecule has 7 heteroatoms. The molecule has 0 spiro atoms. The second-order valence-electron chi connectivity index (χ2n) is 5.68. The van der Waals surface area contributed by atoms with Crippen molar-refractivity contribution in [3.8, 4) is 0 Å². The van der Waals surface area contributed by atoms with E-state index in [9.17, 15) is 4.79 Å². The molecule has 2 aromatic heterocycles. The first-order valence-corrected chi connectivity index (χ1v) is 7.89. The fourth-order valence-electron chi connectivity index (χ4n) is 2.93. The fourth-order valence-corrected chi connectivity index (χ4v) is 2.93. The first-order valence-electron chi connectivity index (χ1n) is 7.89. The highest BCUT2D eigenvalue weighted by Crippen LogP contribution is 2.23. The standard InChI is InChI=1S/C16H22N6O/c1-3-21-8-9-22(11-14(21)15-18-6-7-19-15)16(23)20-13-4-5-17-12(2)10-13/h4-7,10,14H,3,8-9,11H2,1-2H3,(H,18,19)(H,17,20,23)/t14-/m1/s1. The molecular formula is C16H22N6O. The van der Waals surface area contributed by atoms with Crippen molar-refractivity contribution >= 4 is 11.7 Å². The van der Waals surface area contributed by atoms with Crippen LogP contribution in [0.3, 0.4) is 0 Å². The van der Waals surface area contributed by atoms with E-state index in [1.807, 2.05) is 24.1 Å². The van der Waals surface area contributed by atoms with Crippen molar-refractivity contribution in [3.63, 3.8) is 0 Å². The molecule has 3 rings (SSSR count). The number of nitrogens with one attached hydrogen (secondary N) is 2. The molecule has 1 fully saturated rings. The maximum atomic E-state index is 12.5. The lowest BCUT2D eigenvalue weighted by molar-refractivity contribution is 0.0946. The summed E-state index contributed by atoms with van der Waals surface area (Å²) >= 11 is 0. The Labute approximate surface area is 135 Å². The van der Waals surface area contributed by atoms with Gasteiger partial charge in [-0.2, -0.15) is 0 Å². The van der Waals surface area contributed by atoms with Gasteiger partial charge in [0.05, 0.1) is 6.04 Å². The molecule has 1 saturated heterocycles. The van der Waals surface area contributed by atoms with E-state index < -0.39 is 0 Å². The minimum Gasteiger partial charge on any atom is -0.347 e. The zero-order valence-electron chi connectivity index (χ0n) is 13.5. The molecule has 0 radical (unpaired) electrons. The Bertz CT molecular complexity index is 656. The quantitative estimate of drug-likeness (QED) is 0.908. The third kappa shape index (κ3) is 3.50. The molecule has 0 saturated carbocycles. The number of imidazole rings is 1. The highest BCUT2D eigenvalue weighted by atomic mass is 16.2. The summed E-state index contributed by atoms with van der Waals surface area (Å²) in [6.07, 6.45) is 5.27. The normalized spacial score (nSPS) is 18.9. The number of rotatable bonds is 3. The van der Waals surface area contributed by atoms with E-state index in [0.717, 1.165) is 30.3 Å². The predicted molar refractivity (Wildman–Crippen MR) is 88.1 cm³/mol. The molecule has 0 unspecified atom stereocenters. The summed E-state index contributed by atoms with van der Waals surface area (Å²) in [6.45, 7) is 7.14. The lowest BCUT2D eigenvalue weighted by atomic mass is 10.1. The first-order chi connectivity index (χ1) is 11.2. The zero-order valence-corrected chi connectivity index (χ0v) is 13.5. The Morgan fingerprint density at radius 3 is 2.96 bits per heavy atom. The number of H-pyrrole nitrogens is 1. The summed E-state index contributed by atoms with van der Waals surface area (Å²) in [5, 5.41) is 2.95. The lowest BCUT2D eigenvalue weighted by Crippen LogP contribution is -2.51. The van der Waals surface area contributed by atoms with Gasteiger partial charge in [0, 0.05) is 49.6 Å². The number of urea groups is 1. The number of pyridine rings is 1. The predicted octanol–water partition coefficient (Wildman–Crippen LogP) is 2.02. The number of hydrogen-bond donors (Lipinski definition) is 2. The topological polar surface area (TPSA) is 77.2 Å². The molecule has 7 nitrogen and oxygen atoms in total. The van der Waals surface area contributed by atoms with E-state index in [-0.39, 0.29) is 12.1 Å². The average Bonchev–Trinajstić information content (AvgIpc) is 3.08. The van der Waals surface area contributed by atoms with Gasteiger partial charge in [-0.1, -0.05) is 6.92 Å². The minimum atomic E-state index is -0.0806. The van der Waals surface area contributed by atoms with E-state index in [2.05, 4.69) is 32.1 Å². The van der Waals surface area contributed by atoms with E-state index in [0.29, 0.717) is 13.1 Å². The number of likely N-dealkylation sites (N-methyl/N-ethyl adjacent to an activating group) is 1. The lowest BCUT2D eigenvalue weighted by Gasteiger charge is -2.39. The summed E-state index contributed by atoms with van der Waals surface area (Å²) in [5.41, 5.74) is 1.65. The van der Waals surface area contributed by atoms with Crippen molar-refractivity contribution in [1.29, 1.82) is 0 Å². The molecule has 1 aliphatic rings. The Morgan fingerprint density at radius 1 is 1.39 bits per heavy atom. The van der Waals surface area contributed by atoms with Crippen LogP contribution in [0, 0.1) is 6.92 Å². The van der Waals surface area contributed by atoms with Crippen LogP contribution in [0.1, 0.15) is 24.5 Å². The maximum absolute atomic E-state index is 12.5. The van der Waals surface area contributed by atoms with Crippen LogP contribution in [0.2, 0.25) is 0 Å². The number of aryl methyl sites for hydroxylation is 1. The van der Waals surface area contributed by atoms with Crippen LogP contribution >= 0.6 is 0 Å². The number of anilines is 1. The van der Waals surface area contributed by atoms with Gasteiger partial charge in [-0.15, -0.1) is 0 Å². The van der Waals surface area contributed by atoms with Gasteiger partial charge < -0.3 is 15.2 Å². The molecule has 0 aromatic carbocycles. The van der Waals surface area contributed by atoms with Crippen LogP contribution < -0.4 is 5.32 Å². The van der Waals surface area contributed by atoms with E-state index in [4.69, 9.17) is 0 Å². The summed E-state index contributed by atoms with van der Waals surface area (Å²) in [5.74, 6) is 0.907. The summed E-state index contributed by atoms with van der Waals surface area (Å²) < 4.78 is 0. The number of aromatic amines is 1. The number of nitrogens with zero attached hydrogens (tertiary/aromatic N) is 4. The average molecular weight is 314 g/mol. The smallest absolute Gasteiger partial charge is 0.321 e. The summed E-state index contributed by atoms with van der Waals surface area (Å²) in [7, 11) is 0. The van der Waals surface area contributed by atoms with Crippen molar-refractivity contribution in [2.24, 2.45) is 0 Å². The fraction of sp³-hybridized carbons (Fsp3) is 0.438. The van der Waals surface area contributed by atoms with Crippen molar-refractivity contribution < 1.29 is 4.79 Å². The van der Waals surface area contributed by atoms with Crippen LogP contribution in [0.4, 0.5) is 10.5 Å². The van der Waals surface area contributed by atoms with Gasteiger partial charge in [-0.3, -0.25) is 9.88 Å². The van der Waals surface area contributed by atoms with Crippen LogP contribution in [-0.4, -0.2) is 57.0 Å². The van der Waals surface area contributed by atoms with Crippen LogP contribution in [-0.2, 0) is 0 Å². The molecule has 3 heterocycles. The molecule has 2 aromatic rings. The summed E-state index contributed by atoms with van der Waals surface area (Å²) in [4.78, 5) is 28.4. The molecular weight excluding hydrogens is 292 g/mol. The Hall–Kier alpha value is -2.41. The summed E-state index contributed by atoms with van der Waals surface area (Å²) in [6, 6.07) is 3.69. The van der Waals surface area contributed by atoms with Crippen LogP contribution in [0.15, 0.2) is 30.7 Å². The van der Waals surface area contributed by atoms with Crippen LogP contribution in [0.5, 0.6) is 0 Å². The first kappa shape index (κ1) is 15.5. The number of carbonyl (C=O) groups excluding carboxylic acids is 1. The van der Waals surface area contributed by atoms with Crippen molar-refractivity contribution in [3.05, 3.63) is 42.2 Å². The minimum absolute atomic E-state index is 0.0806. The number of amides is 2. The molecule has 0 aliphatic carbocycles. The number of carbonyl (C=O) groups is 1. The second kappa shape index (κ2) is 6.78. The Balaban J connectivity index is 1.69. The third-order valence-corrected chi connectivity index (χ3v) is 4.17. The molecule has 1 aliphatic heterocycles. The van der Waals surface area contributed by atoms with Crippen LogP contribution in [0.25, 0.3) is 0 Å². The van der Waals surface area contributed by atoms with Gasteiger partial charge in [0.15, 0.2) is 0 Å². The molecule has 2 N–H and O–H groups in total. The van der Waals surface area contributed by atoms with Crippen molar-refractivity contribution in [2.45, 2.75) is 19.9 Å². The van der Waals surface area contributed by atoms with Crippen molar-refractivity contribution in [1.82, 2.24) is 24.8 Å². The monoisotopic (exact) mass is 314 g/mol. The van der Waals surface area contributed by atoms with Crippen molar-refractivity contribution in [2.75, 3.05) is 31.5 Å². The molecule has 122 valence electrons. The Kier molecular flexibility index (Phi) is 4.57.